The minimum atomic E-state index is -0.550. The van der Waals surface area contributed by atoms with E-state index in [9.17, 15) is 4.79 Å². The Kier molecular flexibility index (Phi) is 4.82. The van der Waals surface area contributed by atoms with E-state index in [1.165, 1.54) is 0 Å². The van der Waals surface area contributed by atoms with E-state index < -0.39 is 36.1 Å². The number of hydrogen-bond donors (Lipinski definition) is 0. The lowest BCUT2D eigenvalue weighted by atomic mass is 9.73. The quantitative estimate of drug-likeness (QED) is 0.546. The molecule has 0 aromatic carbocycles. The van der Waals surface area contributed by atoms with Gasteiger partial charge in [-0.15, -0.1) is 6.42 Å². The number of carbonyl (C=O) groups excluding carboxylic acids is 1. The van der Waals surface area contributed by atoms with Gasteiger partial charge in [0.2, 0.25) is 0 Å². The normalized spacial score (nSPS) is 25.9. The van der Waals surface area contributed by atoms with Gasteiger partial charge in [0.1, 0.15) is 11.6 Å². The first-order chi connectivity index (χ1) is 10.9. The van der Waals surface area contributed by atoms with Crippen LogP contribution in [0.25, 0.3) is 0 Å². The third-order valence-corrected chi connectivity index (χ3v) is 4.70. The molecule has 2 rings (SSSR count). The van der Waals surface area contributed by atoms with E-state index in [4.69, 9.17) is 20.5 Å². The topological polar surface area (TPSA) is 48.0 Å². The van der Waals surface area contributed by atoms with Gasteiger partial charge in [-0.1, -0.05) is 12.0 Å². The first-order valence-corrected chi connectivity index (χ1v) is 8.38. The van der Waals surface area contributed by atoms with Crippen LogP contribution in [0.2, 0.25) is 0 Å². The maximum Gasteiger partial charge on any atom is 0.490 e. The van der Waals surface area contributed by atoms with Crippen molar-refractivity contribution in [2.45, 2.75) is 77.7 Å². The molecule has 1 fully saturated rings. The molecule has 0 aromatic heterocycles. The van der Waals surface area contributed by atoms with Crippen molar-refractivity contribution in [2.24, 2.45) is 0 Å². The fourth-order valence-electron chi connectivity index (χ4n) is 2.62. The summed E-state index contributed by atoms with van der Waals surface area (Å²) in [5.74, 6) is 2.65. The fourth-order valence-corrected chi connectivity index (χ4v) is 2.62. The van der Waals surface area contributed by atoms with Gasteiger partial charge < -0.3 is 14.0 Å². The molecule has 24 heavy (non-hydrogen) atoms. The molecule has 1 atom stereocenters. The van der Waals surface area contributed by atoms with Crippen molar-refractivity contribution >= 4 is 13.2 Å². The standard InChI is InChI=1S/C18H28BNO4/c1-9-14-12-13(19-23-17(5,6)18(7,8)24-19)10-11-20(14)15(21)22-16(2,3)4/h1,12,14H,10-11H2,2-8H3/t14-/m1/s1. The molecule has 0 aromatic rings. The molecule has 2 aliphatic rings. The van der Waals surface area contributed by atoms with Crippen LogP contribution >= 0.6 is 0 Å². The maximum absolute atomic E-state index is 12.3. The highest BCUT2D eigenvalue weighted by Crippen LogP contribution is 2.39. The van der Waals surface area contributed by atoms with Crippen molar-refractivity contribution < 1.29 is 18.8 Å². The molecule has 0 N–H and O–H groups in total. The van der Waals surface area contributed by atoms with Crippen molar-refractivity contribution in [3.63, 3.8) is 0 Å². The highest BCUT2D eigenvalue weighted by Gasteiger charge is 2.52. The molecular formula is C18H28BNO4. The monoisotopic (exact) mass is 333 g/mol. The molecule has 6 heteroatoms. The molecule has 1 amide bonds. The van der Waals surface area contributed by atoms with Gasteiger partial charge in [0.05, 0.1) is 11.2 Å². The summed E-state index contributed by atoms with van der Waals surface area (Å²) < 4.78 is 17.6. The van der Waals surface area contributed by atoms with Crippen molar-refractivity contribution in [1.82, 2.24) is 4.90 Å². The molecule has 0 unspecified atom stereocenters. The number of terminal acetylenes is 1. The Labute approximate surface area is 145 Å². The highest BCUT2D eigenvalue weighted by atomic mass is 16.7. The summed E-state index contributed by atoms with van der Waals surface area (Å²) in [4.78, 5) is 13.9. The van der Waals surface area contributed by atoms with Crippen LogP contribution in [0.4, 0.5) is 4.79 Å². The van der Waals surface area contributed by atoms with Crippen LogP contribution in [0, 0.1) is 12.3 Å². The van der Waals surface area contributed by atoms with Crippen molar-refractivity contribution in [3.8, 4) is 12.3 Å². The maximum atomic E-state index is 12.3. The Morgan fingerprint density at radius 3 is 2.33 bits per heavy atom. The van der Waals surface area contributed by atoms with Crippen molar-refractivity contribution in [1.29, 1.82) is 0 Å². The Hall–Kier alpha value is -1.45. The summed E-state index contributed by atoms with van der Waals surface area (Å²) in [5.41, 5.74) is -0.360. The summed E-state index contributed by atoms with van der Waals surface area (Å²) in [5, 5.41) is 0. The van der Waals surface area contributed by atoms with Gasteiger partial charge in [-0.2, -0.15) is 0 Å². The van der Waals surface area contributed by atoms with Crippen molar-refractivity contribution in [3.05, 3.63) is 11.5 Å². The number of nitrogens with zero attached hydrogens (tertiary/aromatic N) is 1. The summed E-state index contributed by atoms with van der Waals surface area (Å²) in [6.45, 7) is 14.1. The first-order valence-electron chi connectivity index (χ1n) is 8.38. The Bertz CT molecular complexity index is 567. The lowest BCUT2D eigenvalue weighted by Crippen LogP contribution is -2.46. The molecule has 5 nitrogen and oxygen atoms in total. The van der Waals surface area contributed by atoms with E-state index in [0.717, 1.165) is 5.47 Å². The Morgan fingerprint density at radius 1 is 1.33 bits per heavy atom. The average Bonchev–Trinajstić information content (AvgIpc) is 2.65. The molecular weight excluding hydrogens is 305 g/mol. The lowest BCUT2D eigenvalue weighted by molar-refractivity contribution is 0.00578. The van der Waals surface area contributed by atoms with Crippen LogP contribution < -0.4 is 0 Å². The van der Waals surface area contributed by atoms with Crippen LogP contribution in [0.5, 0.6) is 0 Å². The summed E-state index contributed by atoms with van der Waals surface area (Å²) in [7, 11) is -0.424. The van der Waals surface area contributed by atoms with E-state index in [-0.39, 0.29) is 0 Å². The van der Waals surface area contributed by atoms with Crippen LogP contribution in [0.1, 0.15) is 54.9 Å². The Balaban J connectivity index is 2.15. The van der Waals surface area contributed by atoms with Gasteiger partial charge in [-0.25, -0.2) is 4.79 Å². The van der Waals surface area contributed by atoms with E-state index in [1.807, 2.05) is 54.5 Å². The minimum absolute atomic E-state index is 0.394. The zero-order chi connectivity index (χ0) is 18.3. The fraction of sp³-hybridized carbons (Fsp3) is 0.722. The molecule has 0 saturated carbocycles. The van der Waals surface area contributed by atoms with E-state index in [1.54, 1.807) is 4.90 Å². The van der Waals surface area contributed by atoms with E-state index in [0.29, 0.717) is 13.0 Å². The van der Waals surface area contributed by atoms with Crippen molar-refractivity contribution in [2.75, 3.05) is 6.54 Å². The van der Waals surface area contributed by atoms with Gasteiger partial charge in [0.25, 0.3) is 0 Å². The second-order valence-corrected chi connectivity index (χ2v) is 8.37. The number of ether oxygens (including phenoxy) is 1. The molecule has 0 radical (unpaired) electrons. The first kappa shape index (κ1) is 18.9. The van der Waals surface area contributed by atoms with Gasteiger partial charge in [-0.3, -0.25) is 4.90 Å². The zero-order valence-electron chi connectivity index (χ0n) is 15.8. The molecule has 0 spiro atoms. The molecule has 2 heterocycles. The van der Waals surface area contributed by atoms with Gasteiger partial charge in [0, 0.05) is 6.54 Å². The summed E-state index contributed by atoms with van der Waals surface area (Å²) in [6.07, 6.45) is 7.77. The van der Waals surface area contributed by atoms with Gasteiger partial charge in [0.15, 0.2) is 0 Å². The number of carbonyl (C=O) groups is 1. The third-order valence-electron chi connectivity index (χ3n) is 4.70. The number of amides is 1. The van der Waals surface area contributed by atoms with Crippen LogP contribution in [-0.2, 0) is 14.0 Å². The predicted molar refractivity (Wildman–Crippen MR) is 94.3 cm³/mol. The Morgan fingerprint density at radius 2 is 1.88 bits per heavy atom. The minimum Gasteiger partial charge on any atom is -0.444 e. The largest absolute Gasteiger partial charge is 0.490 e. The highest BCUT2D eigenvalue weighted by molar-refractivity contribution is 6.54. The predicted octanol–water partition coefficient (Wildman–Crippen LogP) is 3.19. The van der Waals surface area contributed by atoms with Gasteiger partial charge >= 0.3 is 13.2 Å². The number of rotatable bonds is 1. The molecule has 0 aliphatic carbocycles. The lowest BCUT2D eigenvalue weighted by Gasteiger charge is -2.33. The molecule has 0 bridgehead atoms. The van der Waals surface area contributed by atoms with Crippen LogP contribution in [0.15, 0.2) is 11.5 Å². The van der Waals surface area contributed by atoms with Crippen LogP contribution in [0.3, 0.4) is 0 Å². The summed E-state index contributed by atoms with van der Waals surface area (Å²) >= 11 is 0. The smallest absolute Gasteiger partial charge is 0.444 e. The third kappa shape index (κ3) is 3.79. The van der Waals surface area contributed by atoms with E-state index >= 15 is 0 Å². The average molecular weight is 333 g/mol. The van der Waals surface area contributed by atoms with Crippen LogP contribution in [-0.4, -0.2) is 47.5 Å². The zero-order valence-corrected chi connectivity index (χ0v) is 15.8. The van der Waals surface area contributed by atoms with E-state index in [2.05, 4.69) is 5.92 Å². The molecule has 132 valence electrons. The number of hydrogen-bond acceptors (Lipinski definition) is 4. The van der Waals surface area contributed by atoms with Gasteiger partial charge in [-0.05, 0) is 60.4 Å². The second kappa shape index (κ2) is 6.13. The SMILES string of the molecule is C#C[C@@H]1C=C(B2OC(C)(C)C(C)(C)O2)CCN1C(=O)OC(C)(C)C. The second-order valence-electron chi connectivity index (χ2n) is 8.37. The molecule has 1 saturated heterocycles. The molecule has 2 aliphatic heterocycles. The summed E-state index contributed by atoms with van der Waals surface area (Å²) in [6, 6.07) is -0.456.